The molecule has 0 aliphatic rings. The number of hydrazone groups is 1. The van der Waals surface area contributed by atoms with Gasteiger partial charge in [-0.3, -0.25) is 0 Å². The molecule has 5 nitrogen and oxygen atoms in total. The van der Waals surface area contributed by atoms with Crippen LogP contribution in [-0.2, 0) is 0 Å². The molecule has 0 aliphatic heterocycles. The predicted molar refractivity (Wildman–Crippen MR) is 71.1 cm³/mol. The third-order valence-electron chi connectivity index (χ3n) is 2.26. The van der Waals surface area contributed by atoms with Crippen LogP contribution in [0.1, 0.15) is 5.56 Å². The molecule has 0 spiro atoms. The van der Waals surface area contributed by atoms with Crippen LogP contribution in [0, 0.1) is 0 Å². The van der Waals surface area contributed by atoms with Gasteiger partial charge in [0.15, 0.2) is 11.0 Å². The van der Waals surface area contributed by atoms with E-state index in [0.717, 1.165) is 0 Å². The van der Waals surface area contributed by atoms with E-state index in [4.69, 9.17) is 11.6 Å². The zero-order valence-corrected chi connectivity index (χ0v) is 10.4. The molecule has 92 valence electrons. The van der Waals surface area contributed by atoms with Crippen molar-refractivity contribution in [3.63, 3.8) is 0 Å². The lowest BCUT2D eigenvalue weighted by Crippen LogP contribution is -2.11. The van der Waals surface area contributed by atoms with E-state index < -0.39 is 0 Å². The first-order chi connectivity index (χ1) is 8.66. The molecular weight excluding hydrogens is 252 g/mol. The van der Waals surface area contributed by atoms with Crippen LogP contribution in [0.4, 0.5) is 5.82 Å². The quantitative estimate of drug-likeness (QED) is 0.681. The number of phenolic OH excluding ortho intramolecular Hbond substituents is 1. The lowest BCUT2D eigenvalue weighted by molar-refractivity contribution is 0.474. The highest BCUT2D eigenvalue weighted by atomic mass is 35.5. The summed E-state index contributed by atoms with van der Waals surface area (Å²) < 4.78 is 0. The van der Waals surface area contributed by atoms with Crippen LogP contribution >= 0.6 is 11.6 Å². The topological polar surface area (TPSA) is 61.6 Å². The van der Waals surface area contributed by atoms with Crippen molar-refractivity contribution in [3.05, 3.63) is 47.1 Å². The van der Waals surface area contributed by atoms with Crippen molar-refractivity contribution in [2.24, 2.45) is 5.10 Å². The fourth-order valence-corrected chi connectivity index (χ4v) is 1.39. The zero-order valence-electron chi connectivity index (χ0n) is 9.66. The van der Waals surface area contributed by atoms with Crippen LogP contribution in [0.15, 0.2) is 41.5 Å². The number of aromatic nitrogens is 2. The molecule has 0 saturated heterocycles. The molecule has 0 bridgehead atoms. The Morgan fingerprint density at radius 1 is 1.22 bits per heavy atom. The summed E-state index contributed by atoms with van der Waals surface area (Å²) >= 11 is 5.65. The fraction of sp³-hybridized carbons (Fsp3) is 0.0833. The minimum Gasteiger partial charge on any atom is -0.507 e. The smallest absolute Gasteiger partial charge is 0.171 e. The number of halogens is 1. The summed E-state index contributed by atoms with van der Waals surface area (Å²) in [6.07, 6.45) is 1.55. The molecule has 0 atom stereocenters. The summed E-state index contributed by atoms with van der Waals surface area (Å²) in [6, 6.07) is 10.3. The normalized spacial score (nSPS) is 10.8. The molecular formula is C12H11ClN4O. The van der Waals surface area contributed by atoms with Crippen molar-refractivity contribution in [2.75, 3.05) is 12.1 Å². The van der Waals surface area contributed by atoms with E-state index >= 15 is 0 Å². The largest absolute Gasteiger partial charge is 0.507 e. The van der Waals surface area contributed by atoms with Gasteiger partial charge in [0.2, 0.25) is 0 Å². The standard InChI is InChI=1S/C12H11ClN4O/c1-17(12-7-6-11(13)15-16-12)14-8-9-4-2-3-5-10(9)18/h2-8,18H,1H3/b14-8+. The maximum absolute atomic E-state index is 9.58. The Balaban J connectivity index is 2.14. The van der Waals surface area contributed by atoms with Gasteiger partial charge in [-0.2, -0.15) is 5.10 Å². The van der Waals surface area contributed by atoms with Crippen molar-refractivity contribution in [1.82, 2.24) is 10.2 Å². The molecule has 2 rings (SSSR count). The van der Waals surface area contributed by atoms with Gasteiger partial charge in [0.1, 0.15) is 5.75 Å². The van der Waals surface area contributed by atoms with Gasteiger partial charge in [0.05, 0.1) is 6.21 Å². The van der Waals surface area contributed by atoms with Crippen molar-refractivity contribution in [2.45, 2.75) is 0 Å². The molecule has 6 heteroatoms. The predicted octanol–water partition coefficient (Wildman–Crippen LogP) is 2.31. The molecule has 0 unspecified atom stereocenters. The van der Waals surface area contributed by atoms with Crippen LogP contribution in [0.5, 0.6) is 5.75 Å². The third-order valence-corrected chi connectivity index (χ3v) is 2.46. The van der Waals surface area contributed by atoms with Gasteiger partial charge in [-0.15, -0.1) is 10.2 Å². The first-order valence-electron chi connectivity index (χ1n) is 5.22. The number of nitrogens with zero attached hydrogens (tertiary/aromatic N) is 4. The summed E-state index contributed by atoms with van der Waals surface area (Å²) in [5.74, 6) is 0.739. The summed E-state index contributed by atoms with van der Waals surface area (Å²) in [4.78, 5) is 0. The Hall–Kier alpha value is -2.14. The highest BCUT2D eigenvalue weighted by molar-refractivity contribution is 6.29. The minimum absolute atomic E-state index is 0.178. The van der Waals surface area contributed by atoms with E-state index in [1.165, 1.54) is 5.01 Å². The summed E-state index contributed by atoms with van der Waals surface area (Å²) in [6.45, 7) is 0. The minimum atomic E-state index is 0.178. The Morgan fingerprint density at radius 3 is 2.67 bits per heavy atom. The van der Waals surface area contributed by atoms with Crippen molar-refractivity contribution < 1.29 is 5.11 Å². The van der Waals surface area contributed by atoms with Crippen LogP contribution in [0.2, 0.25) is 5.15 Å². The second kappa shape index (κ2) is 5.46. The first kappa shape index (κ1) is 12.3. The molecule has 0 aliphatic carbocycles. The Kier molecular flexibility index (Phi) is 3.74. The Morgan fingerprint density at radius 2 is 2.00 bits per heavy atom. The number of anilines is 1. The van der Waals surface area contributed by atoms with Gasteiger partial charge in [-0.05, 0) is 24.3 Å². The van der Waals surface area contributed by atoms with Gasteiger partial charge in [-0.25, -0.2) is 5.01 Å². The summed E-state index contributed by atoms with van der Waals surface area (Å²) in [5, 5.41) is 23.2. The highest BCUT2D eigenvalue weighted by Gasteiger charge is 2.01. The summed E-state index contributed by atoms with van der Waals surface area (Å²) in [5.41, 5.74) is 0.631. The zero-order chi connectivity index (χ0) is 13.0. The average Bonchev–Trinajstić information content (AvgIpc) is 2.38. The number of rotatable bonds is 3. The van der Waals surface area contributed by atoms with E-state index in [1.54, 1.807) is 43.6 Å². The lowest BCUT2D eigenvalue weighted by Gasteiger charge is -2.10. The number of para-hydroxylation sites is 1. The molecule has 1 aromatic carbocycles. The SMILES string of the molecule is CN(/N=C/c1ccccc1O)c1ccc(Cl)nn1. The van der Waals surface area contributed by atoms with Gasteiger partial charge in [-0.1, -0.05) is 23.7 Å². The molecule has 0 saturated carbocycles. The Bertz CT molecular complexity index is 556. The maximum atomic E-state index is 9.58. The number of hydrogen-bond donors (Lipinski definition) is 1. The van der Waals surface area contributed by atoms with Crippen LogP contribution in [-0.4, -0.2) is 28.6 Å². The van der Waals surface area contributed by atoms with Crippen LogP contribution in [0.25, 0.3) is 0 Å². The molecule has 0 amide bonds. The monoisotopic (exact) mass is 262 g/mol. The maximum Gasteiger partial charge on any atom is 0.171 e. The lowest BCUT2D eigenvalue weighted by atomic mass is 10.2. The third kappa shape index (κ3) is 2.95. The van der Waals surface area contributed by atoms with Gasteiger partial charge >= 0.3 is 0 Å². The molecule has 1 N–H and O–H groups in total. The van der Waals surface area contributed by atoms with Gasteiger partial charge in [0, 0.05) is 12.6 Å². The second-order valence-corrected chi connectivity index (χ2v) is 3.93. The van der Waals surface area contributed by atoms with Gasteiger partial charge in [0.25, 0.3) is 0 Å². The summed E-state index contributed by atoms with van der Waals surface area (Å²) in [7, 11) is 1.73. The van der Waals surface area contributed by atoms with Gasteiger partial charge < -0.3 is 5.11 Å². The first-order valence-corrected chi connectivity index (χ1v) is 5.59. The van der Waals surface area contributed by atoms with Crippen molar-refractivity contribution in [3.8, 4) is 5.75 Å². The number of phenols is 1. The highest BCUT2D eigenvalue weighted by Crippen LogP contribution is 2.14. The fourth-order valence-electron chi connectivity index (χ4n) is 1.29. The molecule has 1 aromatic heterocycles. The van der Waals surface area contributed by atoms with E-state index in [-0.39, 0.29) is 5.75 Å². The molecule has 18 heavy (non-hydrogen) atoms. The number of aromatic hydroxyl groups is 1. The molecule has 1 heterocycles. The second-order valence-electron chi connectivity index (χ2n) is 3.54. The molecule has 0 fully saturated rings. The molecule has 0 radical (unpaired) electrons. The van der Waals surface area contributed by atoms with E-state index in [9.17, 15) is 5.11 Å². The number of benzene rings is 1. The average molecular weight is 263 g/mol. The Labute approximate surface area is 109 Å². The van der Waals surface area contributed by atoms with E-state index in [1.807, 2.05) is 6.07 Å². The van der Waals surface area contributed by atoms with E-state index in [2.05, 4.69) is 15.3 Å². The van der Waals surface area contributed by atoms with Crippen molar-refractivity contribution >= 4 is 23.6 Å². The van der Waals surface area contributed by atoms with Crippen molar-refractivity contribution in [1.29, 1.82) is 0 Å². The van der Waals surface area contributed by atoms with Crippen LogP contribution < -0.4 is 5.01 Å². The van der Waals surface area contributed by atoms with E-state index in [0.29, 0.717) is 16.5 Å². The van der Waals surface area contributed by atoms with Crippen LogP contribution in [0.3, 0.4) is 0 Å². The molecule has 2 aromatic rings. The number of hydrogen-bond acceptors (Lipinski definition) is 5.